The number of nitrogens with two attached hydrogens (primary N) is 2. The minimum Gasteiger partial charge on any atom is -0.508 e. The first-order valence-electron chi connectivity index (χ1n) is 11.4. The molecule has 36 heavy (non-hydrogen) atoms. The van der Waals surface area contributed by atoms with Crippen molar-refractivity contribution in [2.75, 3.05) is 0 Å². The van der Waals surface area contributed by atoms with E-state index in [9.17, 15) is 9.59 Å². The fourth-order valence-corrected chi connectivity index (χ4v) is 2.90. The third-order valence-corrected chi connectivity index (χ3v) is 5.12. The molecule has 8 N–H and O–H groups in total. The molecule has 0 aromatic heterocycles. The zero-order valence-electron chi connectivity index (χ0n) is 21.8. The monoisotopic (exact) mass is 494 g/mol. The van der Waals surface area contributed by atoms with Gasteiger partial charge in [-0.1, -0.05) is 71.9 Å². The van der Waals surface area contributed by atoms with Crippen LogP contribution in [0.25, 0.3) is 0 Å². The molecule has 0 spiro atoms. The predicted octanol–water partition coefficient (Wildman–Crippen LogP) is 4.27. The van der Waals surface area contributed by atoms with E-state index < -0.39 is 0 Å². The standard InChI is InChI=1S/2C11H16N2O.C6H6O2/c2*1-11(2,3)9-6-4-8(5-7-9)10(14)13-12;7-5-2-1-3-6(8)4-5/h2*4-7H,12H2,1-3H3,(H,13,14);1-4,7-8H. The van der Waals surface area contributed by atoms with Crippen molar-refractivity contribution in [2.45, 2.75) is 52.4 Å². The van der Waals surface area contributed by atoms with Crippen LogP contribution in [0.1, 0.15) is 73.4 Å². The summed E-state index contributed by atoms with van der Waals surface area (Å²) in [5.41, 5.74) is 7.99. The molecule has 0 unspecified atom stereocenters. The Hall–Kier alpha value is -3.88. The molecule has 0 radical (unpaired) electrons. The first-order chi connectivity index (χ1) is 16.7. The molecule has 0 fully saturated rings. The van der Waals surface area contributed by atoms with Gasteiger partial charge in [-0.2, -0.15) is 0 Å². The van der Waals surface area contributed by atoms with E-state index >= 15 is 0 Å². The van der Waals surface area contributed by atoms with Crippen LogP contribution in [-0.2, 0) is 10.8 Å². The number of carbonyl (C=O) groups excluding carboxylic acids is 2. The molecule has 8 heteroatoms. The highest BCUT2D eigenvalue weighted by Gasteiger charge is 2.14. The van der Waals surface area contributed by atoms with Crippen LogP contribution in [0.3, 0.4) is 0 Å². The summed E-state index contributed by atoms with van der Waals surface area (Å²) in [5, 5.41) is 17.3. The molecule has 0 aliphatic rings. The number of phenols is 2. The van der Waals surface area contributed by atoms with Crippen LogP contribution in [0.4, 0.5) is 0 Å². The molecule has 3 aromatic carbocycles. The summed E-state index contributed by atoms with van der Waals surface area (Å²) in [4.78, 5) is 22.3. The van der Waals surface area contributed by atoms with E-state index in [4.69, 9.17) is 21.9 Å². The first-order valence-corrected chi connectivity index (χ1v) is 11.4. The van der Waals surface area contributed by atoms with Gasteiger partial charge in [-0.05, 0) is 58.4 Å². The van der Waals surface area contributed by atoms with Gasteiger partial charge in [-0.3, -0.25) is 20.4 Å². The average Bonchev–Trinajstić information content (AvgIpc) is 2.83. The summed E-state index contributed by atoms with van der Waals surface area (Å²) in [6, 6.07) is 20.8. The first kappa shape index (κ1) is 30.2. The van der Waals surface area contributed by atoms with Gasteiger partial charge in [0, 0.05) is 17.2 Å². The lowest BCUT2D eigenvalue weighted by atomic mass is 9.87. The number of rotatable bonds is 2. The second-order valence-corrected chi connectivity index (χ2v) is 10.1. The molecule has 0 atom stereocenters. The second-order valence-electron chi connectivity index (χ2n) is 10.1. The molecule has 0 aliphatic carbocycles. The number of benzene rings is 3. The van der Waals surface area contributed by atoms with Gasteiger partial charge in [0.2, 0.25) is 0 Å². The Labute approximate surface area is 213 Å². The Morgan fingerprint density at radius 2 is 0.917 bits per heavy atom. The smallest absolute Gasteiger partial charge is 0.265 e. The minimum absolute atomic E-state index is 0.0880. The van der Waals surface area contributed by atoms with Crippen LogP contribution < -0.4 is 22.5 Å². The highest BCUT2D eigenvalue weighted by Crippen LogP contribution is 2.23. The lowest BCUT2D eigenvalue weighted by Crippen LogP contribution is -2.30. The Balaban J connectivity index is 0.000000281. The van der Waals surface area contributed by atoms with E-state index in [1.54, 1.807) is 30.3 Å². The van der Waals surface area contributed by atoms with Crippen LogP contribution in [0, 0.1) is 0 Å². The van der Waals surface area contributed by atoms with Crippen molar-refractivity contribution >= 4 is 11.8 Å². The zero-order valence-corrected chi connectivity index (χ0v) is 21.8. The second kappa shape index (κ2) is 13.3. The Morgan fingerprint density at radius 1 is 0.611 bits per heavy atom. The van der Waals surface area contributed by atoms with E-state index in [0.29, 0.717) is 11.1 Å². The van der Waals surface area contributed by atoms with Crippen molar-refractivity contribution in [1.82, 2.24) is 10.9 Å². The number of nitrogens with one attached hydrogen (secondary N) is 2. The number of phenolic OH excluding ortho intramolecular Hbond substituents is 2. The van der Waals surface area contributed by atoms with Crippen LogP contribution in [0.2, 0.25) is 0 Å². The SMILES string of the molecule is CC(C)(C)c1ccc(C(=O)NN)cc1.CC(C)(C)c1ccc(C(=O)NN)cc1.Oc1cccc(O)c1. The maximum absolute atomic E-state index is 11.1. The molecule has 0 bridgehead atoms. The Morgan fingerprint density at radius 3 is 1.11 bits per heavy atom. The van der Waals surface area contributed by atoms with Gasteiger partial charge in [0.15, 0.2) is 0 Å². The van der Waals surface area contributed by atoms with Crippen molar-refractivity contribution in [2.24, 2.45) is 11.7 Å². The van der Waals surface area contributed by atoms with Crippen molar-refractivity contribution in [3.63, 3.8) is 0 Å². The van der Waals surface area contributed by atoms with Crippen LogP contribution in [0.5, 0.6) is 11.5 Å². The Bertz CT molecular complexity index is 1030. The van der Waals surface area contributed by atoms with Crippen molar-refractivity contribution in [1.29, 1.82) is 0 Å². The van der Waals surface area contributed by atoms with Gasteiger partial charge in [-0.15, -0.1) is 0 Å². The number of hydrazine groups is 2. The quantitative estimate of drug-likeness (QED) is 0.178. The van der Waals surface area contributed by atoms with E-state index in [1.807, 2.05) is 24.3 Å². The molecule has 194 valence electrons. The normalized spacial score (nSPS) is 10.7. The van der Waals surface area contributed by atoms with E-state index in [2.05, 4.69) is 52.4 Å². The van der Waals surface area contributed by atoms with Gasteiger partial charge in [0.25, 0.3) is 11.8 Å². The van der Waals surface area contributed by atoms with E-state index in [0.717, 1.165) is 0 Å². The van der Waals surface area contributed by atoms with Gasteiger partial charge in [-0.25, -0.2) is 11.7 Å². The summed E-state index contributed by atoms with van der Waals surface area (Å²) >= 11 is 0. The summed E-state index contributed by atoms with van der Waals surface area (Å²) in [5.74, 6) is 9.71. The molecule has 3 rings (SSSR count). The number of amides is 2. The number of nitrogen functional groups attached to an aromatic ring is 2. The van der Waals surface area contributed by atoms with Crippen LogP contribution in [0.15, 0.2) is 72.8 Å². The number of carbonyl (C=O) groups is 2. The molecule has 2 amide bonds. The molecular weight excluding hydrogens is 456 g/mol. The molecule has 8 nitrogen and oxygen atoms in total. The maximum atomic E-state index is 11.1. The highest BCUT2D eigenvalue weighted by atomic mass is 16.3. The average molecular weight is 495 g/mol. The zero-order chi connectivity index (χ0) is 27.5. The topological polar surface area (TPSA) is 151 Å². The summed E-state index contributed by atoms with van der Waals surface area (Å²) < 4.78 is 0. The van der Waals surface area contributed by atoms with E-state index in [-0.39, 0.29) is 34.1 Å². The number of aromatic hydroxyl groups is 2. The van der Waals surface area contributed by atoms with Gasteiger partial charge in [0.1, 0.15) is 11.5 Å². The summed E-state index contributed by atoms with van der Waals surface area (Å²) in [6.45, 7) is 12.8. The third-order valence-electron chi connectivity index (χ3n) is 5.12. The van der Waals surface area contributed by atoms with Crippen LogP contribution >= 0.6 is 0 Å². The number of hydrogen-bond acceptors (Lipinski definition) is 6. The van der Waals surface area contributed by atoms with Gasteiger partial charge < -0.3 is 10.2 Å². The van der Waals surface area contributed by atoms with Gasteiger partial charge >= 0.3 is 0 Å². The molecular formula is C28H38N4O4. The molecule has 0 saturated heterocycles. The molecule has 0 saturated carbocycles. The summed E-state index contributed by atoms with van der Waals surface area (Å²) in [6.07, 6.45) is 0. The molecule has 3 aromatic rings. The van der Waals surface area contributed by atoms with E-state index in [1.165, 1.54) is 29.3 Å². The fourth-order valence-electron chi connectivity index (χ4n) is 2.90. The molecule has 0 heterocycles. The van der Waals surface area contributed by atoms with Crippen molar-refractivity contribution < 1.29 is 19.8 Å². The third kappa shape index (κ3) is 10.2. The highest BCUT2D eigenvalue weighted by molar-refractivity contribution is 5.94. The predicted molar refractivity (Wildman–Crippen MR) is 143 cm³/mol. The Kier molecular flexibility index (Phi) is 11.1. The van der Waals surface area contributed by atoms with Gasteiger partial charge in [0.05, 0.1) is 0 Å². The lowest BCUT2D eigenvalue weighted by molar-refractivity contribution is 0.0945. The maximum Gasteiger partial charge on any atom is 0.265 e. The summed E-state index contributed by atoms with van der Waals surface area (Å²) in [7, 11) is 0. The minimum atomic E-state index is -0.259. The largest absolute Gasteiger partial charge is 0.508 e. The number of hydrogen-bond donors (Lipinski definition) is 6. The fraction of sp³-hybridized carbons (Fsp3) is 0.286. The van der Waals surface area contributed by atoms with Crippen LogP contribution in [-0.4, -0.2) is 22.0 Å². The van der Waals surface area contributed by atoms with Crippen molar-refractivity contribution in [3.05, 3.63) is 95.1 Å². The van der Waals surface area contributed by atoms with Crippen molar-refractivity contribution in [3.8, 4) is 11.5 Å². The lowest BCUT2D eigenvalue weighted by Gasteiger charge is -2.18. The molecule has 0 aliphatic heterocycles.